The number of esters is 1. The molecule has 2 aromatic rings. The Labute approximate surface area is 151 Å². The van der Waals surface area contributed by atoms with E-state index in [1.165, 1.54) is 6.07 Å². The van der Waals surface area contributed by atoms with Gasteiger partial charge in [0.15, 0.2) is 11.5 Å². The third-order valence-corrected chi connectivity index (χ3v) is 4.21. The highest BCUT2D eigenvalue weighted by atomic mass is 16.6. The van der Waals surface area contributed by atoms with E-state index in [9.17, 15) is 14.9 Å². The molecule has 7 heteroatoms. The molecule has 1 aliphatic rings. The van der Waals surface area contributed by atoms with Gasteiger partial charge in [-0.25, -0.2) is 4.79 Å². The molecule has 0 bridgehead atoms. The SMILES string of the molecule is CCOc1ccccc1OC(=O)c1ccc(N2CCCC2)c([N+](=O)[O-])c1. The summed E-state index contributed by atoms with van der Waals surface area (Å²) in [6.07, 6.45) is 2.02. The number of anilines is 1. The molecule has 0 radical (unpaired) electrons. The summed E-state index contributed by atoms with van der Waals surface area (Å²) in [5.74, 6) is 0.0744. The number of para-hydroxylation sites is 2. The summed E-state index contributed by atoms with van der Waals surface area (Å²) in [6, 6.07) is 11.3. The van der Waals surface area contributed by atoms with E-state index < -0.39 is 10.9 Å². The van der Waals surface area contributed by atoms with Gasteiger partial charge in [0, 0.05) is 19.2 Å². The monoisotopic (exact) mass is 356 g/mol. The maximum absolute atomic E-state index is 12.5. The van der Waals surface area contributed by atoms with Crippen LogP contribution in [0.2, 0.25) is 0 Å². The first kappa shape index (κ1) is 17.7. The maximum atomic E-state index is 12.5. The number of carbonyl (C=O) groups is 1. The summed E-state index contributed by atoms with van der Waals surface area (Å²) in [6.45, 7) is 3.84. The Kier molecular flexibility index (Phi) is 5.36. The molecule has 0 spiro atoms. The first-order valence-electron chi connectivity index (χ1n) is 8.57. The van der Waals surface area contributed by atoms with Gasteiger partial charge < -0.3 is 14.4 Å². The van der Waals surface area contributed by atoms with Crippen molar-refractivity contribution in [3.63, 3.8) is 0 Å². The smallest absolute Gasteiger partial charge is 0.343 e. The number of nitro groups is 1. The number of benzene rings is 2. The van der Waals surface area contributed by atoms with Gasteiger partial charge in [-0.15, -0.1) is 0 Å². The zero-order valence-electron chi connectivity index (χ0n) is 14.5. The number of nitro benzene ring substituents is 1. The van der Waals surface area contributed by atoms with Crippen molar-refractivity contribution in [1.29, 1.82) is 0 Å². The normalized spacial score (nSPS) is 13.5. The Hall–Kier alpha value is -3.09. The second kappa shape index (κ2) is 7.86. The predicted octanol–water partition coefficient (Wildman–Crippen LogP) is 3.81. The molecule has 3 rings (SSSR count). The van der Waals surface area contributed by atoms with Crippen LogP contribution in [-0.4, -0.2) is 30.6 Å². The number of hydrogen-bond acceptors (Lipinski definition) is 6. The van der Waals surface area contributed by atoms with Gasteiger partial charge in [0.25, 0.3) is 5.69 Å². The Morgan fingerprint density at radius 2 is 1.85 bits per heavy atom. The van der Waals surface area contributed by atoms with Crippen molar-refractivity contribution in [3.05, 3.63) is 58.1 Å². The second-order valence-electron chi connectivity index (χ2n) is 5.92. The van der Waals surface area contributed by atoms with Crippen LogP contribution in [0.3, 0.4) is 0 Å². The van der Waals surface area contributed by atoms with E-state index in [2.05, 4.69) is 0 Å². The highest BCUT2D eigenvalue weighted by molar-refractivity contribution is 5.93. The van der Waals surface area contributed by atoms with Crippen LogP contribution in [0.15, 0.2) is 42.5 Å². The number of rotatable bonds is 6. The zero-order valence-corrected chi connectivity index (χ0v) is 14.5. The first-order chi connectivity index (χ1) is 12.6. The van der Waals surface area contributed by atoms with Crippen molar-refractivity contribution in [1.82, 2.24) is 0 Å². The molecule has 0 N–H and O–H groups in total. The average molecular weight is 356 g/mol. The molecule has 1 aliphatic heterocycles. The highest BCUT2D eigenvalue weighted by Gasteiger charge is 2.24. The summed E-state index contributed by atoms with van der Waals surface area (Å²) >= 11 is 0. The van der Waals surface area contributed by atoms with Gasteiger partial charge >= 0.3 is 5.97 Å². The highest BCUT2D eigenvalue weighted by Crippen LogP contribution is 2.33. The van der Waals surface area contributed by atoms with Crippen LogP contribution in [0.25, 0.3) is 0 Å². The van der Waals surface area contributed by atoms with E-state index in [-0.39, 0.29) is 17.0 Å². The van der Waals surface area contributed by atoms with E-state index in [0.717, 1.165) is 25.9 Å². The van der Waals surface area contributed by atoms with Gasteiger partial charge in [-0.05, 0) is 44.0 Å². The van der Waals surface area contributed by atoms with E-state index in [1.54, 1.807) is 36.4 Å². The minimum absolute atomic E-state index is 0.0838. The summed E-state index contributed by atoms with van der Waals surface area (Å²) < 4.78 is 10.8. The minimum Gasteiger partial charge on any atom is -0.490 e. The Morgan fingerprint density at radius 1 is 1.15 bits per heavy atom. The van der Waals surface area contributed by atoms with Crippen molar-refractivity contribution in [2.24, 2.45) is 0 Å². The molecule has 0 aliphatic carbocycles. The molecule has 136 valence electrons. The molecule has 1 heterocycles. The lowest BCUT2D eigenvalue weighted by molar-refractivity contribution is -0.384. The maximum Gasteiger partial charge on any atom is 0.343 e. The molecule has 0 atom stereocenters. The lowest BCUT2D eigenvalue weighted by Gasteiger charge is -2.17. The Bertz CT molecular complexity index is 815. The van der Waals surface area contributed by atoms with Crippen LogP contribution >= 0.6 is 0 Å². The first-order valence-corrected chi connectivity index (χ1v) is 8.57. The summed E-state index contributed by atoms with van der Waals surface area (Å²) in [4.78, 5) is 25.4. The van der Waals surface area contributed by atoms with Gasteiger partial charge in [-0.3, -0.25) is 10.1 Å². The molecule has 7 nitrogen and oxygen atoms in total. The van der Waals surface area contributed by atoms with Crippen LogP contribution in [-0.2, 0) is 0 Å². The van der Waals surface area contributed by atoms with E-state index in [4.69, 9.17) is 9.47 Å². The molecule has 0 amide bonds. The fourth-order valence-electron chi connectivity index (χ4n) is 2.99. The number of nitrogens with zero attached hydrogens (tertiary/aromatic N) is 2. The van der Waals surface area contributed by atoms with Gasteiger partial charge in [0.1, 0.15) is 5.69 Å². The van der Waals surface area contributed by atoms with Crippen molar-refractivity contribution in [2.45, 2.75) is 19.8 Å². The number of hydrogen-bond donors (Lipinski definition) is 0. The van der Waals surface area contributed by atoms with Gasteiger partial charge in [-0.2, -0.15) is 0 Å². The molecule has 1 fully saturated rings. The zero-order chi connectivity index (χ0) is 18.5. The van der Waals surface area contributed by atoms with Crippen molar-refractivity contribution in [3.8, 4) is 11.5 Å². The Morgan fingerprint density at radius 3 is 2.50 bits per heavy atom. The molecular formula is C19H20N2O5. The minimum atomic E-state index is -0.659. The van der Waals surface area contributed by atoms with Crippen molar-refractivity contribution >= 4 is 17.3 Å². The third kappa shape index (κ3) is 3.77. The molecule has 0 unspecified atom stereocenters. The second-order valence-corrected chi connectivity index (χ2v) is 5.92. The largest absolute Gasteiger partial charge is 0.490 e. The summed E-state index contributed by atoms with van der Waals surface area (Å²) in [7, 11) is 0. The molecule has 0 saturated carbocycles. The van der Waals surface area contributed by atoms with Crippen molar-refractivity contribution < 1.29 is 19.2 Å². The van der Waals surface area contributed by atoms with Crippen LogP contribution in [0, 0.1) is 10.1 Å². The molecule has 1 saturated heterocycles. The molecule has 0 aromatic heterocycles. The summed E-state index contributed by atoms with van der Waals surface area (Å²) in [5.41, 5.74) is 0.587. The fraction of sp³-hybridized carbons (Fsp3) is 0.316. The number of ether oxygens (including phenoxy) is 2. The van der Waals surface area contributed by atoms with Crippen LogP contribution in [0.4, 0.5) is 11.4 Å². The van der Waals surface area contributed by atoms with Gasteiger partial charge in [0.05, 0.1) is 17.1 Å². The number of carbonyl (C=O) groups excluding carboxylic acids is 1. The molecule has 26 heavy (non-hydrogen) atoms. The van der Waals surface area contributed by atoms with Crippen LogP contribution in [0.1, 0.15) is 30.1 Å². The van der Waals surface area contributed by atoms with E-state index in [0.29, 0.717) is 18.0 Å². The summed E-state index contributed by atoms with van der Waals surface area (Å²) in [5, 5.41) is 11.5. The molecule has 2 aromatic carbocycles. The van der Waals surface area contributed by atoms with Crippen molar-refractivity contribution in [2.75, 3.05) is 24.6 Å². The third-order valence-electron chi connectivity index (χ3n) is 4.21. The van der Waals surface area contributed by atoms with Crippen LogP contribution < -0.4 is 14.4 Å². The van der Waals surface area contributed by atoms with Gasteiger partial charge in [0.2, 0.25) is 0 Å². The lowest BCUT2D eigenvalue weighted by Crippen LogP contribution is -2.19. The van der Waals surface area contributed by atoms with Crippen LogP contribution in [0.5, 0.6) is 11.5 Å². The quantitative estimate of drug-likeness (QED) is 0.339. The Balaban J connectivity index is 1.86. The van der Waals surface area contributed by atoms with E-state index >= 15 is 0 Å². The fourth-order valence-corrected chi connectivity index (χ4v) is 2.99. The standard InChI is InChI=1S/C19H20N2O5/c1-2-25-17-7-3-4-8-18(17)26-19(22)14-9-10-15(16(13-14)21(23)24)20-11-5-6-12-20/h3-4,7-10,13H,2,5-6,11-12H2,1H3. The predicted molar refractivity (Wildman–Crippen MR) is 97.1 cm³/mol. The van der Waals surface area contributed by atoms with Gasteiger partial charge in [-0.1, -0.05) is 12.1 Å². The van der Waals surface area contributed by atoms with E-state index in [1.807, 2.05) is 11.8 Å². The molecular weight excluding hydrogens is 336 g/mol. The lowest BCUT2D eigenvalue weighted by atomic mass is 10.1. The average Bonchev–Trinajstić information content (AvgIpc) is 3.17. The topological polar surface area (TPSA) is 81.9 Å².